The lowest BCUT2D eigenvalue weighted by atomic mass is 10.2. The van der Waals surface area contributed by atoms with E-state index in [0.29, 0.717) is 6.42 Å². The highest BCUT2D eigenvalue weighted by Gasteiger charge is 2.33. The van der Waals surface area contributed by atoms with Gasteiger partial charge in [-0.05, 0) is 38.3 Å². The van der Waals surface area contributed by atoms with E-state index in [9.17, 15) is 4.79 Å². The van der Waals surface area contributed by atoms with Gasteiger partial charge >= 0.3 is 5.97 Å². The first kappa shape index (κ1) is 11.5. The third-order valence-corrected chi connectivity index (χ3v) is 2.96. The number of rotatable bonds is 6. The molecule has 1 fully saturated rings. The molecule has 82 valence electrons. The fourth-order valence-corrected chi connectivity index (χ4v) is 1.63. The molecule has 0 spiro atoms. The minimum atomic E-state index is -0.904. The molecule has 1 saturated carbocycles. The first-order valence-electron chi connectivity index (χ1n) is 5.17. The molecule has 1 rings (SSSR count). The fourth-order valence-electron chi connectivity index (χ4n) is 1.63. The summed E-state index contributed by atoms with van der Waals surface area (Å²) in [5.74, 6) is 0.768. The summed E-state index contributed by atoms with van der Waals surface area (Å²) in [7, 11) is 2.03. The van der Waals surface area contributed by atoms with Crippen molar-refractivity contribution in [3.63, 3.8) is 0 Å². The summed E-state index contributed by atoms with van der Waals surface area (Å²) in [6.45, 7) is 4.10. The predicted molar refractivity (Wildman–Crippen MR) is 55.0 cm³/mol. The average Bonchev–Trinajstić information content (AvgIpc) is 2.77. The van der Waals surface area contributed by atoms with E-state index in [4.69, 9.17) is 10.8 Å². The molecule has 0 bridgehead atoms. The van der Waals surface area contributed by atoms with E-state index >= 15 is 0 Å². The van der Waals surface area contributed by atoms with Crippen LogP contribution < -0.4 is 5.73 Å². The molecule has 1 aliphatic carbocycles. The highest BCUT2D eigenvalue weighted by molar-refractivity contribution is 5.72. The SMILES string of the molecule is CC1CC1CN(C)CCC(N)C(=O)O. The summed E-state index contributed by atoms with van der Waals surface area (Å²) in [5, 5.41) is 8.59. The molecule has 0 aliphatic heterocycles. The lowest BCUT2D eigenvalue weighted by molar-refractivity contribution is -0.138. The molecule has 0 aromatic heterocycles. The molecule has 3 unspecified atom stereocenters. The number of carbonyl (C=O) groups is 1. The van der Waals surface area contributed by atoms with Crippen LogP contribution >= 0.6 is 0 Å². The largest absolute Gasteiger partial charge is 0.480 e. The van der Waals surface area contributed by atoms with Crippen LogP contribution in [0.5, 0.6) is 0 Å². The molecule has 0 amide bonds. The van der Waals surface area contributed by atoms with E-state index < -0.39 is 12.0 Å². The number of aliphatic carboxylic acids is 1. The van der Waals surface area contributed by atoms with Crippen molar-refractivity contribution in [2.75, 3.05) is 20.1 Å². The Morgan fingerprint density at radius 3 is 2.71 bits per heavy atom. The Bertz CT molecular complexity index is 208. The Hall–Kier alpha value is -0.610. The van der Waals surface area contributed by atoms with Crippen LogP contribution in [0.25, 0.3) is 0 Å². The summed E-state index contributed by atoms with van der Waals surface area (Å²) in [6, 6.07) is -0.714. The van der Waals surface area contributed by atoms with Gasteiger partial charge in [-0.15, -0.1) is 0 Å². The molecule has 4 heteroatoms. The Morgan fingerprint density at radius 2 is 2.29 bits per heavy atom. The molecule has 0 saturated heterocycles. The van der Waals surface area contributed by atoms with Gasteiger partial charge in [0.1, 0.15) is 6.04 Å². The van der Waals surface area contributed by atoms with Crippen molar-refractivity contribution in [1.29, 1.82) is 0 Å². The Labute approximate surface area is 85.1 Å². The van der Waals surface area contributed by atoms with Gasteiger partial charge in [-0.3, -0.25) is 4.79 Å². The van der Waals surface area contributed by atoms with E-state index in [-0.39, 0.29) is 0 Å². The molecule has 0 heterocycles. The lowest BCUT2D eigenvalue weighted by Crippen LogP contribution is -2.34. The average molecular weight is 200 g/mol. The summed E-state index contributed by atoms with van der Waals surface area (Å²) in [4.78, 5) is 12.6. The fraction of sp³-hybridized carbons (Fsp3) is 0.900. The lowest BCUT2D eigenvalue weighted by Gasteiger charge is -2.17. The van der Waals surface area contributed by atoms with Crippen molar-refractivity contribution in [3.8, 4) is 0 Å². The van der Waals surface area contributed by atoms with Crippen molar-refractivity contribution >= 4 is 5.97 Å². The second-order valence-corrected chi connectivity index (χ2v) is 4.47. The third-order valence-electron chi connectivity index (χ3n) is 2.96. The molecule has 0 aromatic rings. The molecule has 4 nitrogen and oxygen atoms in total. The molecule has 3 atom stereocenters. The first-order chi connectivity index (χ1) is 6.50. The number of carboxylic acid groups (broad SMARTS) is 1. The van der Waals surface area contributed by atoms with E-state index in [1.807, 2.05) is 7.05 Å². The van der Waals surface area contributed by atoms with E-state index in [1.54, 1.807) is 0 Å². The Morgan fingerprint density at radius 1 is 1.71 bits per heavy atom. The third kappa shape index (κ3) is 3.64. The zero-order valence-corrected chi connectivity index (χ0v) is 8.94. The Kier molecular flexibility index (Phi) is 3.89. The van der Waals surface area contributed by atoms with Gasteiger partial charge in [-0.1, -0.05) is 6.92 Å². The maximum atomic E-state index is 10.5. The molecule has 0 aromatic carbocycles. The summed E-state index contributed by atoms with van der Waals surface area (Å²) in [5.41, 5.74) is 5.41. The second-order valence-electron chi connectivity index (χ2n) is 4.47. The number of nitrogens with two attached hydrogens (primary N) is 1. The monoisotopic (exact) mass is 200 g/mol. The van der Waals surface area contributed by atoms with Gasteiger partial charge in [0.05, 0.1) is 0 Å². The minimum Gasteiger partial charge on any atom is -0.480 e. The van der Waals surface area contributed by atoms with Crippen LogP contribution in [0.2, 0.25) is 0 Å². The topological polar surface area (TPSA) is 66.6 Å². The molecule has 1 aliphatic rings. The van der Waals surface area contributed by atoms with Crippen molar-refractivity contribution in [1.82, 2.24) is 4.90 Å². The van der Waals surface area contributed by atoms with Crippen molar-refractivity contribution in [2.45, 2.75) is 25.8 Å². The molecule has 14 heavy (non-hydrogen) atoms. The maximum Gasteiger partial charge on any atom is 0.320 e. The highest BCUT2D eigenvalue weighted by Crippen LogP contribution is 2.37. The number of nitrogens with zero attached hydrogens (tertiary/aromatic N) is 1. The first-order valence-corrected chi connectivity index (χ1v) is 5.17. The molecular formula is C10H20N2O2. The van der Waals surface area contributed by atoms with Crippen LogP contribution in [0.4, 0.5) is 0 Å². The molecular weight excluding hydrogens is 180 g/mol. The maximum absolute atomic E-state index is 10.5. The van der Waals surface area contributed by atoms with Crippen LogP contribution in [0.3, 0.4) is 0 Å². The van der Waals surface area contributed by atoms with Gasteiger partial charge in [-0.2, -0.15) is 0 Å². The van der Waals surface area contributed by atoms with Crippen molar-refractivity contribution in [2.24, 2.45) is 17.6 Å². The summed E-state index contributed by atoms with van der Waals surface area (Å²) in [6.07, 6.45) is 1.85. The quantitative estimate of drug-likeness (QED) is 0.650. The van der Waals surface area contributed by atoms with Gasteiger partial charge in [0, 0.05) is 6.54 Å². The van der Waals surface area contributed by atoms with Gasteiger partial charge in [-0.25, -0.2) is 0 Å². The van der Waals surface area contributed by atoms with Crippen molar-refractivity contribution in [3.05, 3.63) is 0 Å². The van der Waals surface area contributed by atoms with Crippen LogP contribution in [0.15, 0.2) is 0 Å². The van der Waals surface area contributed by atoms with Crippen LogP contribution in [-0.2, 0) is 4.79 Å². The number of hydrogen-bond donors (Lipinski definition) is 2. The van der Waals surface area contributed by atoms with E-state index in [1.165, 1.54) is 6.42 Å². The van der Waals surface area contributed by atoms with Gasteiger partial charge in [0.15, 0.2) is 0 Å². The number of carboxylic acids is 1. The second kappa shape index (κ2) is 4.75. The zero-order valence-electron chi connectivity index (χ0n) is 8.94. The normalized spacial score (nSPS) is 27.7. The van der Waals surface area contributed by atoms with E-state index in [0.717, 1.165) is 24.9 Å². The van der Waals surface area contributed by atoms with Gasteiger partial charge in [0.2, 0.25) is 0 Å². The van der Waals surface area contributed by atoms with Crippen LogP contribution in [0, 0.1) is 11.8 Å². The zero-order chi connectivity index (χ0) is 10.7. The number of hydrogen-bond acceptors (Lipinski definition) is 3. The van der Waals surface area contributed by atoms with Gasteiger partial charge < -0.3 is 15.7 Å². The van der Waals surface area contributed by atoms with E-state index in [2.05, 4.69) is 11.8 Å². The highest BCUT2D eigenvalue weighted by atomic mass is 16.4. The standard InChI is InChI=1S/C10H20N2O2/c1-7-5-8(7)6-12(2)4-3-9(11)10(13)14/h7-9H,3-6,11H2,1-2H3,(H,13,14). The molecule has 3 N–H and O–H groups in total. The smallest absolute Gasteiger partial charge is 0.320 e. The van der Waals surface area contributed by atoms with Gasteiger partial charge in [0.25, 0.3) is 0 Å². The van der Waals surface area contributed by atoms with Crippen LogP contribution in [0.1, 0.15) is 19.8 Å². The van der Waals surface area contributed by atoms with Crippen molar-refractivity contribution < 1.29 is 9.90 Å². The predicted octanol–water partition coefficient (Wildman–Crippen LogP) is 0.376. The Balaban J connectivity index is 2.08. The summed E-state index contributed by atoms with van der Waals surface area (Å²) >= 11 is 0. The molecule has 0 radical (unpaired) electrons. The van der Waals surface area contributed by atoms with Crippen LogP contribution in [-0.4, -0.2) is 42.2 Å². The summed E-state index contributed by atoms with van der Waals surface area (Å²) < 4.78 is 0. The minimum absolute atomic E-state index is 0.535.